The van der Waals surface area contributed by atoms with Crippen molar-refractivity contribution in [2.75, 3.05) is 7.11 Å². The smallest absolute Gasteiger partial charge is 0.142 e. The van der Waals surface area contributed by atoms with E-state index < -0.39 is 11.9 Å². The molecule has 2 rings (SSSR count). The van der Waals surface area contributed by atoms with Gasteiger partial charge in [-0.3, -0.25) is 0 Å². The quantitative estimate of drug-likeness (QED) is 0.880. The second-order valence-electron chi connectivity index (χ2n) is 4.56. The van der Waals surface area contributed by atoms with Crippen LogP contribution in [0.4, 0.5) is 4.39 Å². The molecule has 1 aromatic rings. The molecular formula is C13H16ClFO2. The van der Waals surface area contributed by atoms with E-state index in [2.05, 4.69) is 0 Å². The predicted molar refractivity (Wildman–Crippen MR) is 64.6 cm³/mol. The Kier molecular flexibility index (Phi) is 4.02. The maximum absolute atomic E-state index is 13.2. The molecule has 0 spiro atoms. The predicted octanol–water partition coefficient (Wildman–Crippen LogP) is 2.81. The van der Waals surface area contributed by atoms with Gasteiger partial charge in [0.2, 0.25) is 0 Å². The third-order valence-electron chi connectivity index (χ3n) is 3.17. The Balaban J connectivity index is 2.01. The molecule has 94 valence electrons. The Bertz CT molecular complexity index is 393. The molecule has 0 radical (unpaired) electrons. The number of hydrogen-bond acceptors (Lipinski definition) is 2. The van der Waals surface area contributed by atoms with Crippen LogP contribution in [-0.2, 0) is 11.2 Å². The largest absolute Gasteiger partial charge is 0.390 e. The fourth-order valence-corrected chi connectivity index (χ4v) is 2.23. The van der Waals surface area contributed by atoms with Crippen LogP contribution in [0.5, 0.6) is 0 Å². The minimum Gasteiger partial charge on any atom is -0.390 e. The molecule has 17 heavy (non-hydrogen) atoms. The number of hydrogen-bond donors (Lipinski definition) is 1. The lowest BCUT2D eigenvalue weighted by molar-refractivity contribution is -0.0238. The average molecular weight is 259 g/mol. The van der Waals surface area contributed by atoms with Crippen molar-refractivity contribution in [1.29, 1.82) is 0 Å². The lowest BCUT2D eigenvalue weighted by atomic mass is 10.0. The third-order valence-corrected chi connectivity index (χ3v) is 3.47. The van der Waals surface area contributed by atoms with Crippen molar-refractivity contribution in [3.8, 4) is 0 Å². The molecule has 4 heteroatoms. The van der Waals surface area contributed by atoms with E-state index in [1.54, 1.807) is 13.2 Å². The summed E-state index contributed by atoms with van der Waals surface area (Å²) in [6.45, 7) is 0. The topological polar surface area (TPSA) is 29.5 Å². The van der Waals surface area contributed by atoms with Gasteiger partial charge in [-0.1, -0.05) is 17.7 Å². The summed E-state index contributed by atoms with van der Waals surface area (Å²) < 4.78 is 18.5. The van der Waals surface area contributed by atoms with Crippen molar-refractivity contribution in [2.45, 2.75) is 31.5 Å². The van der Waals surface area contributed by atoms with Gasteiger partial charge in [0.15, 0.2) is 0 Å². The first-order valence-corrected chi connectivity index (χ1v) is 6.14. The Labute approximate surface area is 105 Å². The van der Waals surface area contributed by atoms with Gasteiger partial charge in [0.25, 0.3) is 0 Å². The fraction of sp³-hybridized carbons (Fsp3) is 0.538. The molecule has 1 N–H and O–H groups in total. The van der Waals surface area contributed by atoms with Gasteiger partial charge in [0.1, 0.15) is 5.82 Å². The number of ether oxygens (including phenoxy) is 1. The van der Waals surface area contributed by atoms with Crippen molar-refractivity contribution in [3.05, 3.63) is 34.6 Å². The molecule has 2 nitrogen and oxygen atoms in total. The highest BCUT2D eigenvalue weighted by molar-refractivity contribution is 6.30. The number of aliphatic hydroxyl groups excluding tert-OH is 1. The summed E-state index contributed by atoms with van der Waals surface area (Å²) in [5.41, 5.74) is 0.738. The Morgan fingerprint density at radius 3 is 2.76 bits per heavy atom. The molecule has 1 aliphatic rings. The van der Waals surface area contributed by atoms with Crippen LogP contribution in [0.2, 0.25) is 5.02 Å². The highest BCUT2D eigenvalue weighted by Gasteiger charge is 2.36. The lowest BCUT2D eigenvalue weighted by Gasteiger charge is -2.21. The molecule has 0 amide bonds. The Hall–Kier alpha value is -0.640. The van der Waals surface area contributed by atoms with E-state index in [9.17, 15) is 9.50 Å². The molecule has 0 heterocycles. The van der Waals surface area contributed by atoms with Crippen LogP contribution in [0.3, 0.4) is 0 Å². The molecule has 1 aliphatic carbocycles. The molecule has 1 fully saturated rings. The number of benzene rings is 1. The summed E-state index contributed by atoms with van der Waals surface area (Å²) in [6.07, 6.45) is 1.86. The van der Waals surface area contributed by atoms with Crippen LogP contribution in [0.1, 0.15) is 18.4 Å². The summed E-state index contributed by atoms with van der Waals surface area (Å²) in [4.78, 5) is 0. The summed E-state index contributed by atoms with van der Waals surface area (Å²) in [5.74, 6) is 0.00361. The fourth-order valence-electron chi connectivity index (χ4n) is 2.11. The van der Waals surface area contributed by atoms with Gasteiger partial charge in [-0.2, -0.15) is 0 Å². The van der Waals surface area contributed by atoms with Crippen LogP contribution >= 0.6 is 11.6 Å². The maximum Gasteiger partial charge on any atom is 0.142 e. The summed E-state index contributed by atoms with van der Waals surface area (Å²) in [5, 5.41) is 10.2. The molecule has 0 aromatic heterocycles. The zero-order valence-corrected chi connectivity index (χ0v) is 10.5. The normalized spacial score (nSPS) is 19.1. The first kappa shape index (κ1) is 12.8. The first-order valence-electron chi connectivity index (χ1n) is 5.76. The van der Waals surface area contributed by atoms with Crippen molar-refractivity contribution < 1.29 is 14.2 Å². The molecule has 1 aromatic carbocycles. The standard InChI is InChI=1S/C13H16ClFO2/c1-17-13(9-3-4-9)12(16)7-8-2-5-10(14)11(15)6-8/h2,5-6,9,12-13,16H,3-4,7H2,1H3. The number of rotatable bonds is 5. The Morgan fingerprint density at radius 2 is 2.24 bits per heavy atom. The van der Waals surface area contributed by atoms with Gasteiger partial charge in [0, 0.05) is 13.5 Å². The van der Waals surface area contributed by atoms with Gasteiger partial charge in [-0.15, -0.1) is 0 Å². The molecule has 0 bridgehead atoms. The number of aliphatic hydroxyl groups is 1. The SMILES string of the molecule is COC(C(O)Cc1ccc(Cl)c(F)c1)C1CC1. The highest BCUT2D eigenvalue weighted by atomic mass is 35.5. The van der Waals surface area contributed by atoms with Crippen LogP contribution in [-0.4, -0.2) is 24.4 Å². The molecule has 2 atom stereocenters. The third kappa shape index (κ3) is 3.18. The van der Waals surface area contributed by atoms with Crippen LogP contribution in [0, 0.1) is 11.7 Å². The van der Waals surface area contributed by atoms with Crippen molar-refractivity contribution in [3.63, 3.8) is 0 Å². The highest BCUT2D eigenvalue weighted by Crippen LogP contribution is 2.36. The molecule has 0 saturated heterocycles. The second-order valence-corrected chi connectivity index (χ2v) is 4.96. The van der Waals surface area contributed by atoms with Gasteiger partial charge in [-0.25, -0.2) is 4.39 Å². The van der Waals surface area contributed by atoms with Gasteiger partial charge < -0.3 is 9.84 Å². The molecule has 2 unspecified atom stereocenters. The van der Waals surface area contributed by atoms with E-state index in [0.717, 1.165) is 18.4 Å². The number of halogens is 2. The average Bonchev–Trinajstić information content (AvgIpc) is 3.09. The van der Waals surface area contributed by atoms with E-state index in [4.69, 9.17) is 16.3 Å². The van der Waals surface area contributed by atoms with E-state index in [1.807, 2.05) is 0 Å². The van der Waals surface area contributed by atoms with E-state index in [0.29, 0.717) is 12.3 Å². The van der Waals surface area contributed by atoms with Gasteiger partial charge in [0.05, 0.1) is 17.2 Å². The Morgan fingerprint density at radius 1 is 1.53 bits per heavy atom. The first-order chi connectivity index (χ1) is 8.11. The van der Waals surface area contributed by atoms with E-state index >= 15 is 0 Å². The molecule has 0 aliphatic heterocycles. The second kappa shape index (κ2) is 5.34. The minimum atomic E-state index is -0.590. The monoisotopic (exact) mass is 258 g/mol. The summed E-state index contributed by atoms with van der Waals surface area (Å²) in [6, 6.07) is 4.61. The zero-order valence-electron chi connectivity index (χ0n) is 9.70. The van der Waals surface area contributed by atoms with Crippen LogP contribution in [0.15, 0.2) is 18.2 Å². The van der Waals surface area contributed by atoms with Crippen molar-refractivity contribution >= 4 is 11.6 Å². The number of methoxy groups -OCH3 is 1. The van der Waals surface area contributed by atoms with Gasteiger partial charge in [-0.05, 0) is 36.5 Å². The molecule has 1 saturated carbocycles. The summed E-state index contributed by atoms with van der Waals surface area (Å²) in [7, 11) is 1.61. The van der Waals surface area contributed by atoms with Crippen LogP contribution < -0.4 is 0 Å². The maximum atomic E-state index is 13.2. The zero-order chi connectivity index (χ0) is 12.4. The van der Waals surface area contributed by atoms with Crippen LogP contribution in [0.25, 0.3) is 0 Å². The van der Waals surface area contributed by atoms with Gasteiger partial charge >= 0.3 is 0 Å². The van der Waals surface area contributed by atoms with E-state index in [-0.39, 0.29) is 11.1 Å². The minimum absolute atomic E-state index is 0.105. The molecular weight excluding hydrogens is 243 g/mol. The lowest BCUT2D eigenvalue weighted by Crippen LogP contribution is -2.31. The van der Waals surface area contributed by atoms with Crippen molar-refractivity contribution in [1.82, 2.24) is 0 Å². The van der Waals surface area contributed by atoms with Crippen molar-refractivity contribution in [2.24, 2.45) is 5.92 Å². The summed E-state index contributed by atoms with van der Waals surface area (Å²) >= 11 is 5.61. The van der Waals surface area contributed by atoms with E-state index in [1.165, 1.54) is 12.1 Å².